The number of rotatable bonds is 2. The average Bonchev–Trinajstić information content (AvgIpc) is 2.39. The molecule has 6 nitrogen and oxygen atoms in total. The minimum atomic E-state index is -0.815. The van der Waals surface area contributed by atoms with Gasteiger partial charge in [0, 0.05) is 19.7 Å². The highest BCUT2D eigenvalue weighted by Gasteiger charge is 2.33. The number of nitrogens with one attached hydrogen (secondary N) is 1. The maximum atomic E-state index is 12.2. The molecule has 0 aliphatic carbocycles. The maximum absolute atomic E-state index is 12.2. The Morgan fingerprint density at radius 1 is 1.42 bits per heavy atom. The molecule has 2 fully saturated rings. The molecule has 2 aliphatic rings. The summed E-state index contributed by atoms with van der Waals surface area (Å²) in [6.07, 6.45) is 3.24. The maximum Gasteiger partial charge on any atom is 0.317 e. The molecule has 2 rings (SSSR count). The standard InChI is InChI=1S/C13H22N2O4/c1-13(5-3-7-19-9-13)14-12(18)15-6-2-4-10(8-15)11(16)17/h10H,2-9H2,1H3,(H,14,18)(H,16,17)/t10-,13?/m0/s1. The van der Waals surface area contributed by atoms with E-state index in [0.29, 0.717) is 26.1 Å². The van der Waals surface area contributed by atoms with Crippen molar-refractivity contribution in [1.29, 1.82) is 0 Å². The van der Waals surface area contributed by atoms with Gasteiger partial charge in [0.1, 0.15) is 0 Å². The number of hydrogen-bond donors (Lipinski definition) is 2. The van der Waals surface area contributed by atoms with Crippen LogP contribution in [0.1, 0.15) is 32.6 Å². The molecular formula is C13H22N2O4. The molecule has 2 aliphatic heterocycles. The van der Waals surface area contributed by atoms with Gasteiger partial charge in [-0.05, 0) is 32.6 Å². The van der Waals surface area contributed by atoms with Crippen LogP contribution in [0.2, 0.25) is 0 Å². The lowest BCUT2D eigenvalue weighted by atomic mass is 9.94. The highest BCUT2D eigenvalue weighted by Crippen LogP contribution is 2.21. The van der Waals surface area contributed by atoms with Gasteiger partial charge in [-0.1, -0.05) is 0 Å². The van der Waals surface area contributed by atoms with E-state index in [-0.39, 0.29) is 11.6 Å². The molecule has 0 bridgehead atoms. The first-order valence-electron chi connectivity index (χ1n) is 6.88. The first-order chi connectivity index (χ1) is 9.00. The minimum absolute atomic E-state index is 0.168. The summed E-state index contributed by atoms with van der Waals surface area (Å²) < 4.78 is 5.41. The number of aliphatic carboxylic acids is 1. The summed E-state index contributed by atoms with van der Waals surface area (Å²) in [5, 5.41) is 12.0. The number of nitrogens with zero attached hydrogens (tertiary/aromatic N) is 1. The lowest BCUT2D eigenvalue weighted by Gasteiger charge is -2.38. The normalized spacial score (nSPS) is 31.8. The number of urea groups is 1. The second-order valence-corrected chi connectivity index (χ2v) is 5.77. The molecule has 0 spiro atoms. The zero-order chi connectivity index (χ0) is 13.9. The van der Waals surface area contributed by atoms with Crippen LogP contribution in [0.4, 0.5) is 4.79 Å². The van der Waals surface area contributed by atoms with Crippen molar-refractivity contribution in [2.45, 2.75) is 38.1 Å². The zero-order valence-electron chi connectivity index (χ0n) is 11.4. The molecular weight excluding hydrogens is 248 g/mol. The Labute approximate surface area is 113 Å². The first-order valence-corrected chi connectivity index (χ1v) is 6.88. The number of carboxylic acid groups (broad SMARTS) is 1. The van der Waals surface area contributed by atoms with Gasteiger partial charge in [-0.3, -0.25) is 4.79 Å². The highest BCUT2D eigenvalue weighted by molar-refractivity contribution is 5.77. The summed E-state index contributed by atoms with van der Waals surface area (Å²) in [6.45, 7) is 4.18. The van der Waals surface area contributed by atoms with Crippen LogP contribution in [-0.2, 0) is 9.53 Å². The van der Waals surface area contributed by atoms with Crippen molar-refractivity contribution in [1.82, 2.24) is 10.2 Å². The molecule has 0 aromatic rings. The van der Waals surface area contributed by atoms with E-state index in [0.717, 1.165) is 25.9 Å². The van der Waals surface area contributed by atoms with Crippen LogP contribution in [0.25, 0.3) is 0 Å². The van der Waals surface area contributed by atoms with Gasteiger partial charge in [0.15, 0.2) is 0 Å². The SMILES string of the molecule is CC1(NC(=O)N2CCC[C@H](C(=O)O)C2)CCCOC1. The molecule has 2 heterocycles. The summed E-state index contributed by atoms with van der Waals surface area (Å²) in [7, 11) is 0. The van der Waals surface area contributed by atoms with E-state index in [4.69, 9.17) is 9.84 Å². The van der Waals surface area contributed by atoms with Gasteiger partial charge in [0.2, 0.25) is 0 Å². The second kappa shape index (κ2) is 5.77. The molecule has 0 aromatic carbocycles. The molecule has 0 saturated carbocycles. The Bertz CT molecular complexity index is 353. The van der Waals surface area contributed by atoms with Crippen LogP contribution in [0.3, 0.4) is 0 Å². The summed E-state index contributed by atoms with van der Waals surface area (Å²) in [5.74, 6) is -1.25. The van der Waals surface area contributed by atoms with Crippen LogP contribution < -0.4 is 5.32 Å². The molecule has 108 valence electrons. The highest BCUT2D eigenvalue weighted by atomic mass is 16.5. The van der Waals surface area contributed by atoms with Crippen LogP contribution in [-0.4, -0.2) is 53.8 Å². The number of carboxylic acids is 1. The van der Waals surface area contributed by atoms with Crippen molar-refractivity contribution in [3.8, 4) is 0 Å². The quantitative estimate of drug-likeness (QED) is 0.786. The van der Waals surface area contributed by atoms with Gasteiger partial charge in [-0.15, -0.1) is 0 Å². The smallest absolute Gasteiger partial charge is 0.317 e. The van der Waals surface area contributed by atoms with E-state index >= 15 is 0 Å². The average molecular weight is 270 g/mol. The third-order valence-electron chi connectivity index (χ3n) is 3.90. The Morgan fingerprint density at radius 3 is 2.84 bits per heavy atom. The van der Waals surface area contributed by atoms with Crippen LogP contribution in [0.5, 0.6) is 0 Å². The molecule has 19 heavy (non-hydrogen) atoms. The number of hydrogen-bond acceptors (Lipinski definition) is 3. The molecule has 0 aromatic heterocycles. The summed E-state index contributed by atoms with van der Waals surface area (Å²) in [6, 6.07) is -0.168. The number of carbonyl (C=O) groups excluding carboxylic acids is 1. The Kier molecular flexibility index (Phi) is 4.29. The first kappa shape index (κ1) is 14.1. The van der Waals surface area contributed by atoms with Crippen molar-refractivity contribution in [2.75, 3.05) is 26.3 Å². The van der Waals surface area contributed by atoms with Gasteiger partial charge in [-0.2, -0.15) is 0 Å². The number of amides is 2. The van der Waals surface area contributed by atoms with Crippen molar-refractivity contribution in [2.24, 2.45) is 5.92 Å². The van der Waals surface area contributed by atoms with Crippen LogP contribution in [0.15, 0.2) is 0 Å². The molecule has 1 unspecified atom stereocenters. The van der Waals surface area contributed by atoms with Gasteiger partial charge in [-0.25, -0.2) is 4.79 Å². The third-order valence-corrected chi connectivity index (χ3v) is 3.90. The van der Waals surface area contributed by atoms with E-state index < -0.39 is 11.9 Å². The fourth-order valence-corrected chi connectivity index (χ4v) is 2.73. The minimum Gasteiger partial charge on any atom is -0.481 e. The number of carbonyl (C=O) groups is 2. The number of likely N-dealkylation sites (tertiary alicyclic amines) is 1. The number of piperidine rings is 1. The lowest BCUT2D eigenvalue weighted by molar-refractivity contribution is -0.143. The molecule has 2 amide bonds. The van der Waals surface area contributed by atoms with Crippen molar-refractivity contribution in [3.63, 3.8) is 0 Å². The summed E-state index contributed by atoms with van der Waals surface area (Å²) in [5.41, 5.74) is -0.328. The topological polar surface area (TPSA) is 78.9 Å². The van der Waals surface area contributed by atoms with Crippen molar-refractivity contribution >= 4 is 12.0 Å². The fourth-order valence-electron chi connectivity index (χ4n) is 2.73. The molecule has 6 heteroatoms. The van der Waals surface area contributed by atoms with Gasteiger partial charge < -0.3 is 20.1 Å². The predicted molar refractivity (Wildman–Crippen MR) is 68.9 cm³/mol. The molecule has 0 radical (unpaired) electrons. The molecule has 2 atom stereocenters. The van der Waals surface area contributed by atoms with E-state index in [2.05, 4.69) is 5.32 Å². The Morgan fingerprint density at radius 2 is 2.21 bits per heavy atom. The van der Waals surface area contributed by atoms with Crippen LogP contribution in [0, 0.1) is 5.92 Å². The van der Waals surface area contributed by atoms with Crippen molar-refractivity contribution < 1.29 is 19.4 Å². The summed E-state index contributed by atoms with van der Waals surface area (Å²) in [4.78, 5) is 24.8. The Hall–Kier alpha value is -1.30. The van der Waals surface area contributed by atoms with E-state index in [1.54, 1.807) is 4.90 Å². The molecule has 2 N–H and O–H groups in total. The zero-order valence-corrected chi connectivity index (χ0v) is 11.4. The van der Waals surface area contributed by atoms with E-state index in [1.807, 2.05) is 6.92 Å². The van der Waals surface area contributed by atoms with Gasteiger partial charge in [0.25, 0.3) is 0 Å². The Balaban J connectivity index is 1.90. The largest absolute Gasteiger partial charge is 0.481 e. The fraction of sp³-hybridized carbons (Fsp3) is 0.846. The third kappa shape index (κ3) is 3.59. The van der Waals surface area contributed by atoms with E-state index in [9.17, 15) is 9.59 Å². The number of ether oxygens (including phenoxy) is 1. The van der Waals surface area contributed by atoms with Gasteiger partial charge in [0.05, 0.1) is 18.1 Å². The monoisotopic (exact) mass is 270 g/mol. The second-order valence-electron chi connectivity index (χ2n) is 5.77. The van der Waals surface area contributed by atoms with E-state index in [1.165, 1.54) is 0 Å². The van der Waals surface area contributed by atoms with Crippen molar-refractivity contribution in [3.05, 3.63) is 0 Å². The van der Waals surface area contributed by atoms with Gasteiger partial charge >= 0.3 is 12.0 Å². The van der Waals surface area contributed by atoms with Crippen LogP contribution >= 0.6 is 0 Å². The lowest BCUT2D eigenvalue weighted by Crippen LogP contribution is -2.57. The predicted octanol–water partition coefficient (Wildman–Crippen LogP) is 1.06. The summed E-state index contributed by atoms with van der Waals surface area (Å²) >= 11 is 0. The molecule has 2 saturated heterocycles.